The third-order valence-electron chi connectivity index (χ3n) is 3.41. The second-order valence-corrected chi connectivity index (χ2v) is 8.15. The van der Waals surface area contributed by atoms with E-state index in [0.29, 0.717) is 0 Å². The molecule has 0 fully saturated rings. The van der Waals surface area contributed by atoms with Crippen LogP contribution in [0.1, 0.15) is 26.8 Å². The normalized spacial score (nSPS) is 12.1. The van der Waals surface area contributed by atoms with Crippen LogP contribution in [0.25, 0.3) is 11.1 Å². The molecule has 0 unspecified atom stereocenters. The molecule has 0 aliphatic rings. The summed E-state index contributed by atoms with van der Waals surface area (Å²) in [7, 11) is -3.77. The van der Waals surface area contributed by atoms with Gasteiger partial charge in [-0.25, -0.2) is 13.1 Å². The zero-order valence-corrected chi connectivity index (χ0v) is 15.2. The van der Waals surface area contributed by atoms with Crippen molar-refractivity contribution >= 4 is 39.0 Å². The van der Waals surface area contributed by atoms with Crippen molar-refractivity contribution in [3.05, 3.63) is 38.6 Å². The maximum atomic E-state index is 12.8. The monoisotopic (exact) mass is 377 g/mol. The zero-order chi connectivity index (χ0) is 17.5. The van der Waals surface area contributed by atoms with Gasteiger partial charge in [-0.2, -0.15) is 4.09 Å². The van der Waals surface area contributed by atoms with Crippen LogP contribution < -0.4 is 11.3 Å². The van der Waals surface area contributed by atoms with E-state index in [9.17, 15) is 13.2 Å². The lowest BCUT2D eigenvalue weighted by molar-refractivity contribution is 0.475. The highest BCUT2D eigenvalue weighted by molar-refractivity contribution is 7.89. The fourth-order valence-corrected chi connectivity index (χ4v) is 4.09. The highest BCUT2D eigenvalue weighted by atomic mass is 35.5. The minimum atomic E-state index is -3.77. The third-order valence-corrected chi connectivity index (χ3v) is 5.67. The first-order chi connectivity index (χ1) is 10.6. The standard InChI is InChI=1S/C14H17Cl2N3O3S/c1-4-23(21,22)19-13(17)12(14(20)18(19)8(2)3)11-9(15)6-5-7-10(11)16/h5-8H,4,17H2,1-3H3. The number of aromatic nitrogens is 2. The van der Waals surface area contributed by atoms with E-state index < -0.39 is 21.6 Å². The van der Waals surface area contributed by atoms with Gasteiger partial charge in [0, 0.05) is 11.6 Å². The van der Waals surface area contributed by atoms with Gasteiger partial charge in [0.05, 0.1) is 21.4 Å². The third kappa shape index (κ3) is 2.88. The van der Waals surface area contributed by atoms with E-state index >= 15 is 0 Å². The molecule has 0 saturated carbocycles. The van der Waals surface area contributed by atoms with Crippen molar-refractivity contribution in [2.24, 2.45) is 0 Å². The number of nitrogens with zero attached hydrogens (tertiary/aromatic N) is 2. The van der Waals surface area contributed by atoms with E-state index in [2.05, 4.69) is 0 Å². The Morgan fingerprint density at radius 2 is 1.70 bits per heavy atom. The molecule has 0 spiro atoms. The van der Waals surface area contributed by atoms with Crippen molar-refractivity contribution in [2.45, 2.75) is 26.8 Å². The average molecular weight is 378 g/mol. The first kappa shape index (κ1) is 17.9. The van der Waals surface area contributed by atoms with Crippen LogP contribution in [0.4, 0.5) is 5.82 Å². The molecule has 0 aliphatic carbocycles. The molecule has 0 bridgehead atoms. The molecule has 1 aromatic carbocycles. The van der Waals surface area contributed by atoms with Crippen molar-refractivity contribution in [1.82, 2.24) is 8.77 Å². The molecule has 6 nitrogen and oxygen atoms in total. The molecule has 1 aromatic heterocycles. The fraction of sp³-hybridized carbons (Fsp3) is 0.357. The number of nitrogen functional groups attached to an aromatic ring is 1. The van der Waals surface area contributed by atoms with Crippen LogP contribution in [0.2, 0.25) is 10.0 Å². The number of rotatable bonds is 4. The number of nitrogens with two attached hydrogens (primary N) is 1. The number of halogens is 2. The second kappa shape index (κ2) is 6.22. The quantitative estimate of drug-likeness (QED) is 0.886. The van der Waals surface area contributed by atoms with Crippen LogP contribution in [0.15, 0.2) is 23.0 Å². The summed E-state index contributed by atoms with van der Waals surface area (Å²) < 4.78 is 26.7. The number of hydrogen-bond donors (Lipinski definition) is 1. The van der Waals surface area contributed by atoms with E-state index in [1.54, 1.807) is 32.0 Å². The van der Waals surface area contributed by atoms with Gasteiger partial charge < -0.3 is 5.73 Å². The summed E-state index contributed by atoms with van der Waals surface area (Å²) in [5, 5.41) is 0.450. The molecular weight excluding hydrogens is 361 g/mol. The van der Waals surface area contributed by atoms with Gasteiger partial charge in [0.15, 0.2) is 0 Å². The van der Waals surface area contributed by atoms with Crippen molar-refractivity contribution in [2.75, 3.05) is 11.5 Å². The molecule has 2 rings (SSSR count). The van der Waals surface area contributed by atoms with Crippen molar-refractivity contribution < 1.29 is 8.42 Å². The second-order valence-electron chi connectivity index (χ2n) is 5.24. The van der Waals surface area contributed by atoms with Crippen LogP contribution >= 0.6 is 23.2 Å². The molecule has 0 saturated heterocycles. The summed E-state index contributed by atoms with van der Waals surface area (Å²) in [6.07, 6.45) is 0. The van der Waals surface area contributed by atoms with Gasteiger partial charge >= 0.3 is 0 Å². The zero-order valence-electron chi connectivity index (χ0n) is 12.9. The molecule has 0 atom stereocenters. The van der Waals surface area contributed by atoms with Gasteiger partial charge in [0.1, 0.15) is 5.82 Å². The molecule has 2 N–H and O–H groups in total. The predicted molar refractivity (Wildman–Crippen MR) is 93.8 cm³/mol. The minimum Gasteiger partial charge on any atom is -0.382 e. The van der Waals surface area contributed by atoms with Gasteiger partial charge in [-0.3, -0.25) is 4.79 Å². The Morgan fingerprint density at radius 1 is 1.17 bits per heavy atom. The molecule has 126 valence electrons. The first-order valence-corrected chi connectivity index (χ1v) is 9.30. The van der Waals surface area contributed by atoms with Crippen LogP contribution in [-0.2, 0) is 10.0 Å². The Morgan fingerprint density at radius 3 is 2.13 bits per heavy atom. The van der Waals surface area contributed by atoms with Crippen LogP contribution in [0, 0.1) is 0 Å². The van der Waals surface area contributed by atoms with Gasteiger partial charge in [0.2, 0.25) is 0 Å². The molecule has 0 radical (unpaired) electrons. The lowest BCUT2D eigenvalue weighted by Crippen LogP contribution is -2.31. The van der Waals surface area contributed by atoms with Gasteiger partial charge in [-0.15, -0.1) is 0 Å². The average Bonchev–Trinajstić information content (AvgIpc) is 2.72. The van der Waals surface area contributed by atoms with E-state index in [0.717, 1.165) is 8.77 Å². The number of hydrogen-bond acceptors (Lipinski definition) is 4. The number of benzene rings is 1. The minimum absolute atomic E-state index is 0.00803. The summed E-state index contributed by atoms with van der Waals surface area (Å²) in [6.45, 7) is 4.87. The van der Waals surface area contributed by atoms with Gasteiger partial charge in [-0.05, 0) is 32.9 Å². The molecule has 0 amide bonds. The van der Waals surface area contributed by atoms with Gasteiger partial charge in [0.25, 0.3) is 15.6 Å². The van der Waals surface area contributed by atoms with E-state index in [1.807, 2.05) is 0 Å². The Kier molecular flexibility index (Phi) is 4.84. The Bertz CT molecular complexity index is 894. The Hall–Kier alpha value is -1.44. The fourth-order valence-electron chi connectivity index (χ4n) is 2.34. The topological polar surface area (TPSA) is 87.1 Å². The van der Waals surface area contributed by atoms with Crippen molar-refractivity contribution in [1.29, 1.82) is 0 Å². The Labute approximate surface area is 144 Å². The summed E-state index contributed by atoms with van der Waals surface area (Å²) in [6, 6.07) is 4.34. The largest absolute Gasteiger partial charge is 0.382 e. The summed E-state index contributed by atoms with van der Waals surface area (Å²) in [4.78, 5) is 12.8. The summed E-state index contributed by atoms with van der Waals surface area (Å²) in [5.41, 5.74) is 5.69. The molecule has 9 heteroatoms. The van der Waals surface area contributed by atoms with E-state index in [4.69, 9.17) is 28.9 Å². The van der Waals surface area contributed by atoms with Crippen molar-refractivity contribution in [3.8, 4) is 11.1 Å². The van der Waals surface area contributed by atoms with E-state index in [1.165, 1.54) is 6.92 Å². The van der Waals surface area contributed by atoms with Gasteiger partial charge in [-0.1, -0.05) is 29.3 Å². The molecule has 0 aliphatic heterocycles. The van der Waals surface area contributed by atoms with Crippen molar-refractivity contribution in [3.63, 3.8) is 0 Å². The predicted octanol–water partition coefficient (Wildman–Crippen LogP) is 2.98. The van der Waals surface area contributed by atoms with Crippen LogP contribution in [-0.4, -0.2) is 22.9 Å². The van der Waals surface area contributed by atoms with Crippen LogP contribution in [0.5, 0.6) is 0 Å². The molecular formula is C14H17Cl2N3O3S. The summed E-state index contributed by atoms with van der Waals surface area (Å²) >= 11 is 12.3. The SMILES string of the molecule is CCS(=O)(=O)n1c(N)c(-c2c(Cl)cccc2Cl)c(=O)n1C(C)C. The first-order valence-electron chi connectivity index (χ1n) is 6.94. The van der Waals surface area contributed by atoms with E-state index in [-0.39, 0.29) is 32.7 Å². The Balaban J connectivity index is 3.00. The molecule has 23 heavy (non-hydrogen) atoms. The maximum Gasteiger partial charge on any atom is 0.278 e. The lowest BCUT2D eigenvalue weighted by atomic mass is 10.1. The van der Waals surface area contributed by atoms with Crippen LogP contribution in [0.3, 0.4) is 0 Å². The smallest absolute Gasteiger partial charge is 0.278 e. The highest BCUT2D eigenvalue weighted by Gasteiger charge is 2.29. The molecule has 2 aromatic rings. The highest BCUT2D eigenvalue weighted by Crippen LogP contribution is 2.36. The lowest BCUT2D eigenvalue weighted by Gasteiger charge is -2.15. The number of anilines is 1. The molecule has 1 heterocycles. The maximum absolute atomic E-state index is 12.8. The summed E-state index contributed by atoms with van der Waals surface area (Å²) in [5.74, 6) is -0.395.